The molecular formula is C18H18N4O2S2. The Labute approximate surface area is 156 Å². The minimum absolute atomic E-state index is 0.208. The average molecular weight is 387 g/mol. The molecule has 1 atom stereocenters. The molecule has 26 heavy (non-hydrogen) atoms. The fourth-order valence-electron chi connectivity index (χ4n) is 3.17. The van der Waals surface area contributed by atoms with E-state index in [9.17, 15) is 8.42 Å². The summed E-state index contributed by atoms with van der Waals surface area (Å²) in [5.74, 6) is 0.914. The SMILES string of the molecule is Cc1ccc(S(=O)(=O)Nc2ccc(N3c4ccccc4CC3C)nn2)s1. The van der Waals surface area contributed by atoms with E-state index in [1.165, 1.54) is 16.9 Å². The number of rotatable bonds is 4. The molecule has 1 aliphatic rings. The number of fused-ring (bicyclic) bond motifs is 1. The lowest BCUT2D eigenvalue weighted by Crippen LogP contribution is -2.25. The van der Waals surface area contributed by atoms with Crippen LogP contribution in [0.15, 0.2) is 52.7 Å². The van der Waals surface area contributed by atoms with Crippen LogP contribution in [0.4, 0.5) is 17.3 Å². The number of hydrogen-bond acceptors (Lipinski definition) is 6. The van der Waals surface area contributed by atoms with Crippen LogP contribution < -0.4 is 9.62 Å². The summed E-state index contributed by atoms with van der Waals surface area (Å²) in [7, 11) is -3.63. The van der Waals surface area contributed by atoms with E-state index >= 15 is 0 Å². The second-order valence-electron chi connectivity index (χ2n) is 6.30. The first-order chi connectivity index (χ1) is 12.4. The Morgan fingerprint density at radius 2 is 1.92 bits per heavy atom. The molecule has 3 heterocycles. The molecule has 0 radical (unpaired) electrons. The summed E-state index contributed by atoms with van der Waals surface area (Å²) in [5.41, 5.74) is 2.40. The number of aromatic nitrogens is 2. The van der Waals surface area contributed by atoms with Crippen molar-refractivity contribution in [1.29, 1.82) is 0 Å². The Hall–Kier alpha value is -2.45. The van der Waals surface area contributed by atoms with E-state index in [2.05, 4.69) is 38.9 Å². The van der Waals surface area contributed by atoms with E-state index in [-0.39, 0.29) is 16.1 Å². The van der Waals surface area contributed by atoms with Crippen molar-refractivity contribution in [3.63, 3.8) is 0 Å². The molecule has 2 aromatic heterocycles. The zero-order valence-corrected chi connectivity index (χ0v) is 16.0. The van der Waals surface area contributed by atoms with Gasteiger partial charge in [-0.3, -0.25) is 4.72 Å². The van der Waals surface area contributed by atoms with Crippen LogP contribution in [-0.4, -0.2) is 24.7 Å². The van der Waals surface area contributed by atoms with Gasteiger partial charge in [0.1, 0.15) is 4.21 Å². The van der Waals surface area contributed by atoms with Crippen LogP contribution in [0.3, 0.4) is 0 Å². The molecule has 1 aromatic carbocycles. The van der Waals surface area contributed by atoms with Gasteiger partial charge in [0.15, 0.2) is 11.6 Å². The topological polar surface area (TPSA) is 75.2 Å². The van der Waals surface area contributed by atoms with Gasteiger partial charge < -0.3 is 4.90 Å². The molecule has 0 aliphatic carbocycles. The first-order valence-corrected chi connectivity index (χ1v) is 10.5. The lowest BCUT2D eigenvalue weighted by molar-refractivity contribution is 0.603. The van der Waals surface area contributed by atoms with Crippen molar-refractivity contribution < 1.29 is 8.42 Å². The summed E-state index contributed by atoms with van der Waals surface area (Å²) in [5, 5.41) is 8.32. The van der Waals surface area contributed by atoms with E-state index in [1.807, 2.05) is 19.1 Å². The molecule has 0 fully saturated rings. The summed E-state index contributed by atoms with van der Waals surface area (Å²) in [4.78, 5) is 3.07. The van der Waals surface area contributed by atoms with Gasteiger partial charge in [-0.05, 0) is 56.2 Å². The maximum atomic E-state index is 12.4. The molecule has 0 saturated heterocycles. The lowest BCUT2D eigenvalue weighted by atomic mass is 10.1. The first kappa shape index (κ1) is 17.0. The van der Waals surface area contributed by atoms with Crippen LogP contribution >= 0.6 is 11.3 Å². The first-order valence-electron chi connectivity index (χ1n) is 8.24. The average Bonchev–Trinajstić information content (AvgIpc) is 3.18. The van der Waals surface area contributed by atoms with Crippen LogP contribution in [-0.2, 0) is 16.4 Å². The standard InChI is InChI=1S/C18H18N4O2S2/c1-12-11-14-5-3-4-6-15(14)22(12)17-9-8-16(19-20-17)21-26(23,24)18-10-7-13(2)25-18/h3-10,12H,11H2,1-2H3,(H,19,21). The van der Waals surface area contributed by atoms with Crippen molar-refractivity contribution in [2.75, 3.05) is 9.62 Å². The minimum atomic E-state index is -3.63. The molecule has 6 nitrogen and oxygen atoms in total. The maximum Gasteiger partial charge on any atom is 0.272 e. The van der Waals surface area contributed by atoms with Crippen molar-refractivity contribution in [2.24, 2.45) is 0 Å². The summed E-state index contributed by atoms with van der Waals surface area (Å²) in [6.45, 7) is 4.00. The molecular weight excluding hydrogens is 368 g/mol. The third-order valence-corrected chi connectivity index (χ3v) is 7.17. The number of nitrogens with zero attached hydrogens (tertiary/aromatic N) is 3. The molecule has 134 valence electrons. The van der Waals surface area contributed by atoms with Gasteiger partial charge in [-0.1, -0.05) is 18.2 Å². The highest BCUT2D eigenvalue weighted by atomic mass is 32.2. The Kier molecular flexibility index (Phi) is 4.16. The van der Waals surface area contributed by atoms with Crippen LogP contribution in [0.5, 0.6) is 0 Å². The van der Waals surface area contributed by atoms with Gasteiger partial charge in [0.2, 0.25) is 0 Å². The van der Waals surface area contributed by atoms with Crippen molar-refractivity contribution in [2.45, 2.75) is 30.5 Å². The van der Waals surface area contributed by atoms with Crippen molar-refractivity contribution >= 4 is 38.7 Å². The number of benzene rings is 1. The number of sulfonamides is 1. The van der Waals surface area contributed by atoms with Crippen LogP contribution in [0.2, 0.25) is 0 Å². The minimum Gasteiger partial charge on any atom is -0.321 e. The highest BCUT2D eigenvalue weighted by Crippen LogP contribution is 2.37. The molecule has 0 amide bonds. The predicted octanol–water partition coefficient (Wildman–Crippen LogP) is 3.73. The molecule has 1 unspecified atom stereocenters. The van der Waals surface area contributed by atoms with E-state index in [0.29, 0.717) is 5.82 Å². The number of para-hydroxylation sites is 1. The third-order valence-electron chi connectivity index (χ3n) is 4.32. The Morgan fingerprint density at radius 3 is 2.62 bits per heavy atom. The fraction of sp³-hybridized carbons (Fsp3) is 0.222. The van der Waals surface area contributed by atoms with Gasteiger partial charge in [0.25, 0.3) is 10.0 Å². The fourth-order valence-corrected chi connectivity index (χ4v) is 5.45. The number of aryl methyl sites for hydroxylation is 1. The van der Waals surface area contributed by atoms with Gasteiger partial charge in [0, 0.05) is 16.6 Å². The second-order valence-corrected chi connectivity index (χ2v) is 9.50. The van der Waals surface area contributed by atoms with Crippen LogP contribution in [0, 0.1) is 6.92 Å². The maximum absolute atomic E-state index is 12.4. The van der Waals surface area contributed by atoms with Gasteiger partial charge in [-0.15, -0.1) is 21.5 Å². The molecule has 4 rings (SSSR count). The van der Waals surface area contributed by atoms with Crippen molar-refractivity contribution in [3.05, 3.63) is 59.0 Å². The smallest absolute Gasteiger partial charge is 0.272 e. The summed E-state index contributed by atoms with van der Waals surface area (Å²) < 4.78 is 27.5. The van der Waals surface area contributed by atoms with Gasteiger partial charge >= 0.3 is 0 Å². The molecule has 1 N–H and O–H groups in total. The molecule has 0 bridgehead atoms. The zero-order valence-electron chi connectivity index (χ0n) is 14.4. The van der Waals surface area contributed by atoms with Crippen LogP contribution in [0.25, 0.3) is 0 Å². The normalized spacial score (nSPS) is 16.5. The van der Waals surface area contributed by atoms with Gasteiger partial charge in [0.05, 0.1) is 0 Å². The predicted molar refractivity (Wildman–Crippen MR) is 104 cm³/mol. The van der Waals surface area contributed by atoms with E-state index in [1.54, 1.807) is 24.3 Å². The highest BCUT2D eigenvalue weighted by Gasteiger charge is 2.28. The molecule has 8 heteroatoms. The van der Waals surface area contributed by atoms with Crippen molar-refractivity contribution in [3.8, 4) is 0 Å². The monoisotopic (exact) mass is 386 g/mol. The lowest BCUT2D eigenvalue weighted by Gasteiger charge is -2.23. The quantitative estimate of drug-likeness (QED) is 0.739. The number of anilines is 3. The van der Waals surface area contributed by atoms with E-state index in [0.717, 1.165) is 17.0 Å². The molecule has 3 aromatic rings. The third kappa shape index (κ3) is 3.06. The summed E-state index contributed by atoms with van der Waals surface area (Å²) >= 11 is 1.22. The molecule has 1 aliphatic heterocycles. The second kappa shape index (κ2) is 6.37. The largest absolute Gasteiger partial charge is 0.321 e. The van der Waals surface area contributed by atoms with Gasteiger partial charge in [-0.25, -0.2) is 8.42 Å². The van der Waals surface area contributed by atoms with Crippen LogP contribution in [0.1, 0.15) is 17.4 Å². The number of thiophene rings is 1. The summed E-state index contributed by atoms with van der Waals surface area (Å²) in [6, 6.07) is 15.3. The molecule has 0 spiro atoms. The molecule has 0 saturated carbocycles. The Balaban J connectivity index is 1.58. The Bertz CT molecular complexity index is 1050. The Morgan fingerprint density at radius 1 is 1.12 bits per heavy atom. The van der Waals surface area contributed by atoms with E-state index < -0.39 is 10.0 Å². The highest BCUT2D eigenvalue weighted by molar-refractivity contribution is 7.94. The number of hydrogen-bond donors (Lipinski definition) is 1. The number of nitrogens with one attached hydrogen (secondary N) is 1. The van der Waals surface area contributed by atoms with Gasteiger partial charge in [-0.2, -0.15) is 0 Å². The van der Waals surface area contributed by atoms with Crippen molar-refractivity contribution in [1.82, 2.24) is 10.2 Å². The van der Waals surface area contributed by atoms with E-state index in [4.69, 9.17) is 0 Å². The zero-order chi connectivity index (χ0) is 18.3. The summed E-state index contributed by atoms with van der Waals surface area (Å²) in [6.07, 6.45) is 0.948.